The molecule has 0 aromatic carbocycles. The van der Waals surface area contributed by atoms with Crippen molar-refractivity contribution in [1.82, 2.24) is 0 Å². The zero-order valence-corrected chi connectivity index (χ0v) is 8.36. The highest BCUT2D eigenvalue weighted by atomic mass is 33.5. The average Bonchev–Trinajstić information content (AvgIpc) is 1.68. The van der Waals surface area contributed by atoms with E-state index in [0.29, 0.717) is 0 Å². The smallest absolute Gasteiger partial charge is 0.105 e. The van der Waals surface area contributed by atoms with Crippen LogP contribution in [0.4, 0.5) is 0 Å². The molecular formula is C2H7PS4. The third kappa shape index (κ3) is 4.22. The molecule has 0 bridgehead atoms. The lowest BCUT2D eigenvalue weighted by atomic mass is 12.0. The van der Waals surface area contributed by atoms with Crippen LogP contribution in [0.2, 0.25) is 0 Å². The molecule has 0 fully saturated rings. The van der Waals surface area contributed by atoms with Crippen molar-refractivity contribution in [2.24, 2.45) is 0 Å². The van der Waals surface area contributed by atoms with Crippen LogP contribution in [0.15, 0.2) is 0 Å². The molecule has 0 saturated carbocycles. The highest BCUT2D eigenvalue weighted by molar-refractivity contribution is 9.20. The van der Waals surface area contributed by atoms with Crippen molar-refractivity contribution in [2.75, 3.05) is 12.5 Å². The third-order valence-electron chi connectivity index (χ3n) is 0.461. The monoisotopic (exact) mass is 190 g/mol. The van der Waals surface area contributed by atoms with Gasteiger partial charge in [-0.2, -0.15) is 0 Å². The summed E-state index contributed by atoms with van der Waals surface area (Å²) in [6, 6.07) is 0. The average molecular weight is 190 g/mol. The largest absolute Gasteiger partial charge is 0.122 e. The predicted octanol–water partition coefficient (Wildman–Crippen LogP) is 2.87. The van der Waals surface area contributed by atoms with Crippen LogP contribution in [0, 0.1) is 0 Å². The van der Waals surface area contributed by atoms with Gasteiger partial charge in [-0.05, 0) is 12.5 Å². The molecule has 0 spiro atoms. The van der Waals surface area contributed by atoms with E-state index < -0.39 is 3.64 Å². The van der Waals surface area contributed by atoms with Gasteiger partial charge in [0.05, 0.1) is 0 Å². The van der Waals surface area contributed by atoms with Crippen LogP contribution in [-0.2, 0) is 11.8 Å². The van der Waals surface area contributed by atoms with Crippen molar-refractivity contribution in [2.45, 2.75) is 0 Å². The van der Waals surface area contributed by atoms with Gasteiger partial charge in [0.2, 0.25) is 0 Å². The molecule has 0 heterocycles. The van der Waals surface area contributed by atoms with Crippen LogP contribution in [0.3, 0.4) is 0 Å². The summed E-state index contributed by atoms with van der Waals surface area (Å²) in [5.41, 5.74) is 0. The van der Waals surface area contributed by atoms with E-state index in [0.717, 1.165) is 0 Å². The highest BCUT2D eigenvalue weighted by Crippen LogP contribution is 2.70. The Labute approximate surface area is 62.9 Å². The number of hydrogen-bond acceptors (Lipinski definition) is 3. The maximum atomic E-state index is 5.05. The summed E-state index contributed by atoms with van der Waals surface area (Å²) >= 11 is 12.6. The summed E-state index contributed by atoms with van der Waals surface area (Å²) in [4.78, 5) is 0. The van der Waals surface area contributed by atoms with Crippen molar-refractivity contribution in [1.29, 1.82) is 0 Å². The summed E-state index contributed by atoms with van der Waals surface area (Å²) in [7, 11) is 0. The van der Waals surface area contributed by atoms with Crippen molar-refractivity contribution in [3.8, 4) is 0 Å². The topological polar surface area (TPSA) is 0 Å². The first-order valence-corrected chi connectivity index (χ1v) is 9.18. The fourth-order valence-corrected chi connectivity index (χ4v) is 2.01. The molecule has 0 aliphatic heterocycles. The Hall–Kier alpha value is 1.70. The SMILES string of the molecule is CSP(=S)(S)SC. The van der Waals surface area contributed by atoms with E-state index in [-0.39, 0.29) is 0 Å². The van der Waals surface area contributed by atoms with E-state index in [4.69, 9.17) is 11.8 Å². The molecule has 0 amide bonds. The maximum absolute atomic E-state index is 5.05. The van der Waals surface area contributed by atoms with Crippen LogP contribution in [0.5, 0.6) is 0 Å². The highest BCUT2D eigenvalue weighted by Gasteiger charge is 2.03. The minimum Gasteiger partial charge on any atom is -0.122 e. The Morgan fingerprint density at radius 1 is 1.43 bits per heavy atom. The van der Waals surface area contributed by atoms with Crippen molar-refractivity contribution >= 4 is 50.5 Å². The van der Waals surface area contributed by atoms with Crippen LogP contribution < -0.4 is 0 Å². The van der Waals surface area contributed by atoms with Gasteiger partial charge in [-0.1, -0.05) is 11.8 Å². The van der Waals surface area contributed by atoms with E-state index in [1.54, 1.807) is 22.8 Å². The van der Waals surface area contributed by atoms with E-state index in [1.165, 1.54) is 0 Å². The van der Waals surface area contributed by atoms with Gasteiger partial charge in [0.1, 0.15) is 3.64 Å². The first kappa shape index (κ1) is 8.70. The predicted molar refractivity (Wildman–Crippen MR) is 50.3 cm³/mol. The molecule has 0 atom stereocenters. The molecule has 5 heteroatoms. The Morgan fingerprint density at radius 3 is 1.71 bits per heavy atom. The van der Waals surface area contributed by atoms with Crippen LogP contribution >= 0.6 is 38.7 Å². The number of rotatable bonds is 2. The fourth-order valence-electron chi connectivity index (χ4n) is 0.0745. The lowest BCUT2D eigenvalue weighted by Crippen LogP contribution is -1.46. The normalized spacial score (nSPS) is 11.9. The fraction of sp³-hybridized carbons (Fsp3) is 1.00. The molecule has 0 aliphatic rings. The van der Waals surface area contributed by atoms with E-state index >= 15 is 0 Å². The zero-order valence-electron chi connectivity index (χ0n) is 4.12. The molecule has 0 nitrogen and oxygen atoms in total. The quantitative estimate of drug-likeness (QED) is 0.525. The van der Waals surface area contributed by atoms with Crippen LogP contribution in [-0.4, -0.2) is 12.5 Å². The van der Waals surface area contributed by atoms with Gasteiger partial charge in [-0.3, -0.25) is 0 Å². The number of thiol groups is 1. The summed E-state index contributed by atoms with van der Waals surface area (Å²) in [6.07, 6.45) is 4.01. The van der Waals surface area contributed by atoms with E-state index in [2.05, 4.69) is 12.2 Å². The number of hydrogen-bond donors (Lipinski definition) is 1. The first-order valence-electron chi connectivity index (χ1n) is 1.56. The summed E-state index contributed by atoms with van der Waals surface area (Å²) in [6.45, 7) is 0. The molecule has 0 aliphatic carbocycles. The second kappa shape index (κ2) is 3.67. The minimum absolute atomic E-state index is 1.29. The lowest BCUT2D eigenvalue weighted by molar-refractivity contribution is 2.53. The standard InChI is InChI=1S/C2H7PS4/c1-6-3(4,5)7-2/h1-2H3,(H,4,5). The Morgan fingerprint density at radius 2 is 1.71 bits per heavy atom. The van der Waals surface area contributed by atoms with Gasteiger partial charge < -0.3 is 0 Å². The summed E-state index contributed by atoms with van der Waals surface area (Å²) < 4.78 is -1.29. The molecule has 0 rings (SSSR count). The maximum Gasteiger partial charge on any atom is 0.105 e. The van der Waals surface area contributed by atoms with E-state index in [9.17, 15) is 0 Å². The van der Waals surface area contributed by atoms with Gasteiger partial charge in [0.15, 0.2) is 0 Å². The van der Waals surface area contributed by atoms with Crippen LogP contribution in [0.1, 0.15) is 0 Å². The second-order valence-electron chi connectivity index (χ2n) is 0.834. The molecule has 0 N–H and O–H groups in total. The molecule has 0 saturated heterocycles. The van der Waals surface area contributed by atoms with Gasteiger partial charge in [-0.25, -0.2) is 0 Å². The van der Waals surface area contributed by atoms with Gasteiger partial charge >= 0.3 is 0 Å². The second-order valence-corrected chi connectivity index (χ2v) is 15.9. The molecule has 0 aromatic heterocycles. The van der Waals surface area contributed by atoms with Crippen molar-refractivity contribution in [3.63, 3.8) is 0 Å². The zero-order chi connectivity index (χ0) is 5.91. The third-order valence-corrected chi connectivity index (χ3v) is 12.5. The van der Waals surface area contributed by atoms with Gasteiger partial charge in [0, 0.05) is 0 Å². The summed E-state index contributed by atoms with van der Waals surface area (Å²) in [5.74, 6) is 0. The Bertz CT molecular complexity index is 81.7. The summed E-state index contributed by atoms with van der Waals surface area (Å²) in [5, 5.41) is 0. The minimum atomic E-state index is -1.29. The van der Waals surface area contributed by atoms with Crippen molar-refractivity contribution in [3.05, 3.63) is 0 Å². The Balaban J connectivity index is 3.61. The van der Waals surface area contributed by atoms with Crippen LogP contribution in [0.25, 0.3) is 0 Å². The van der Waals surface area contributed by atoms with Gasteiger partial charge in [-0.15, -0.1) is 35.0 Å². The first-order chi connectivity index (χ1) is 3.12. The van der Waals surface area contributed by atoms with E-state index in [1.807, 2.05) is 12.5 Å². The molecule has 0 unspecified atom stereocenters. The Kier molecular flexibility index (Phi) is 4.57. The molecule has 7 heavy (non-hydrogen) atoms. The molecule has 0 radical (unpaired) electrons. The molecule has 44 valence electrons. The van der Waals surface area contributed by atoms with Gasteiger partial charge in [0.25, 0.3) is 0 Å². The van der Waals surface area contributed by atoms with Crippen molar-refractivity contribution < 1.29 is 0 Å². The molecular weight excluding hydrogens is 183 g/mol. The lowest BCUT2D eigenvalue weighted by Gasteiger charge is -2.05. The molecule has 0 aromatic rings.